The van der Waals surface area contributed by atoms with Gasteiger partial charge in [-0.1, -0.05) is 6.92 Å². The molecule has 13 heavy (non-hydrogen) atoms. The smallest absolute Gasteiger partial charge is 0.332 e. The molecule has 0 unspecified atom stereocenters. The van der Waals surface area contributed by atoms with Gasteiger partial charge in [0.15, 0.2) is 0 Å². The molecule has 0 spiro atoms. The van der Waals surface area contributed by atoms with Gasteiger partial charge in [0.1, 0.15) is 0 Å². The number of carbonyl (C=O) groups excluding carboxylic acids is 1. The highest BCUT2D eigenvalue weighted by Crippen LogP contribution is 2.20. The predicted octanol–water partition coefficient (Wildman–Crippen LogP) is 0.298. The summed E-state index contributed by atoms with van der Waals surface area (Å²) in [4.78, 5) is 10.9. The van der Waals surface area contributed by atoms with E-state index in [0.717, 1.165) is 12.2 Å². The Labute approximate surface area is 77.9 Å². The number of rotatable bonds is 2. The quantitative estimate of drug-likeness (QED) is 0.496. The standard InChI is InChI=1S/C9H15NO3/c1-6-7(4-9(11)13-3)10-5-8(6)12-2/h4,6,8,10H,5H2,1-3H3/b7-4-/t6-,8-/m1/s1. The average Bonchev–Trinajstić information content (AvgIpc) is 2.48. The van der Waals surface area contributed by atoms with Crippen molar-refractivity contribution in [3.8, 4) is 0 Å². The van der Waals surface area contributed by atoms with Gasteiger partial charge in [-0.2, -0.15) is 0 Å². The summed E-state index contributed by atoms with van der Waals surface area (Å²) >= 11 is 0. The van der Waals surface area contributed by atoms with Crippen molar-refractivity contribution >= 4 is 5.97 Å². The molecule has 1 saturated heterocycles. The van der Waals surface area contributed by atoms with Crippen LogP contribution in [0.4, 0.5) is 0 Å². The number of ether oxygens (including phenoxy) is 2. The van der Waals surface area contributed by atoms with Gasteiger partial charge in [0.25, 0.3) is 0 Å². The predicted molar refractivity (Wildman–Crippen MR) is 48.1 cm³/mol. The van der Waals surface area contributed by atoms with E-state index in [9.17, 15) is 4.79 Å². The molecule has 1 heterocycles. The van der Waals surface area contributed by atoms with Crippen LogP contribution in [0.5, 0.6) is 0 Å². The summed E-state index contributed by atoms with van der Waals surface area (Å²) in [6.45, 7) is 2.77. The summed E-state index contributed by atoms with van der Waals surface area (Å²) < 4.78 is 9.75. The first-order chi connectivity index (χ1) is 6.19. The Morgan fingerprint density at radius 1 is 1.62 bits per heavy atom. The van der Waals surface area contributed by atoms with E-state index in [4.69, 9.17) is 4.74 Å². The second-order valence-corrected chi connectivity index (χ2v) is 3.07. The van der Waals surface area contributed by atoms with Gasteiger partial charge in [0, 0.05) is 31.3 Å². The Hall–Kier alpha value is -1.03. The van der Waals surface area contributed by atoms with Crippen molar-refractivity contribution in [2.24, 2.45) is 5.92 Å². The topological polar surface area (TPSA) is 47.6 Å². The number of nitrogens with one attached hydrogen (secondary N) is 1. The Kier molecular flexibility index (Phi) is 3.31. The molecule has 1 aliphatic rings. The van der Waals surface area contributed by atoms with Crippen LogP contribution in [-0.2, 0) is 14.3 Å². The molecule has 1 aliphatic heterocycles. The summed E-state index contributed by atoms with van der Waals surface area (Å²) in [5, 5.41) is 3.11. The van der Waals surface area contributed by atoms with Crippen molar-refractivity contribution in [1.29, 1.82) is 0 Å². The summed E-state index contributed by atoms with van der Waals surface area (Å²) in [6.07, 6.45) is 1.62. The van der Waals surface area contributed by atoms with Crippen LogP contribution in [0.3, 0.4) is 0 Å². The van der Waals surface area contributed by atoms with E-state index < -0.39 is 0 Å². The van der Waals surface area contributed by atoms with Gasteiger partial charge < -0.3 is 14.8 Å². The van der Waals surface area contributed by atoms with Crippen molar-refractivity contribution in [2.75, 3.05) is 20.8 Å². The molecule has 1 rings (SSSR count). The second kappa shape index (κ2) is 4.28. The lowest BCUT2D eigenvalue weighted by Crippen LogP contribution is -2.18. The highest BCUT2D eigenvalue weighted by Gasteiger charge is 2.27. The molecule has 1 fully saturated rings. The molecule has 2 atom stereocenters. The van der Waals surface area contributed by atoms with Gasteiger partial charge >= 0.3 is 5.97 Å². The molecule has 0 aromatic carbocycles. The normalized spacial score (nSPS) is 30.2. The Morgan fingerprint density at radius 3 is 2.77 bits per heavy atom. The maximum Gasteiger partial charge on any atom is 0.332 e. The molecule has 4 heteroatoms. The van der Waals surface area contributed by atoms with Crippen molar-refractivity contribution in [2.45, 2.75) is 13.0 Å². The van der Waals surface area contributed by atoms with Crippen molar-refractivity contribution in [1.82, 2.24) is 5.32 Å². The molecule has 0 aromatic rings. The fourth-order valence-corrected chi connectivity index (χ4v) is 1.41. The van der Waals surface area contributed by atoms with Crippen LogP contribution in [-0.4, -0.2) is 32.8 Å². The van der Waals surface area contributed by atoms with Gasteiger partial charge in [-0.15, -0.1) is 0 Å². The van der Waals surface area contributed by atoms with Crippen LogP contribution in [0.2, 0.25) is 0 Å². The van der Waals surface area contributed by atoms with Gasteiger partial charge in [-0.3, -0.25) is 0 Å². The zero-order chi connectivity index (χ0) is 9.84. The molecule has 74 valence electrons. The molecule has 0 bridgehead atoms. The van der Waals surface area contributed by atoms with Crippen LogP contribution >= 0.6 is 0 Å². The van der Waals surface area contributed by atoms with Crippen LogP contribution in [0.25, 0.3) is 0 Å². The molecule has 0 saturated carbocycles. The molecule has 0 aromatic heterocycles. The van der Waals surface area contributed by atoms with Crippen LogP contribution in [0, 0.1) is 5.92 Å². The summed E-state index contributed by atoms with van der Waals surface area (Å²) in [5.41, 5.74) is 0.888. The van der Waals surface area contributed by atoms with E-state index in [-0.39, 0.29) is 18.0 Å². The van der Waals surface area contributed by atoms with Gasteiger partial charge in [-0.05, 0) is 0 Å². The SMILES string of the molecule is COC(=O)/C=C1\NC[C@@H](OC)[C@@H]1C. The third-order valence-electron chi connectivity index (χ3n) is 2.33. The molecule has 0 aliphatic carbocycles. The molecule has 0 amide bonds. The highest BCUT2D eigenvalue weighted by atomic mass is 16.5. The van der Waals surface area contributed by atoms with Crippen molar-refractivity contribution in [3.63, 3.8) is 0 Å². The number of hydrogen-bond donors (Lipinski definition) is 1. The number of esters is 1. The summed E-state index contributed by atoms with van der Waals surface area (Å²) in [5.74, 6) is -0.102. The molecule has 1 N–H and O–H groups in total. The third kappa shape index (κ3) is 2.21. The fourth-order valence-electron chi connectivity index (χ4n) is 1.41. The highest BCUT2D eigenvalue weighted by molar-refractivity contribution is 5.82. The lowest BCUT2D eigenvalue weighted by atomic mass is 10.1. The molecule has 0 radical (unpaired) electrons. The minimum Gasteiger partial charge on any atom is -0.466 e. The summed E-state index contributed by atoms with van der Waals surface area (Å²) in [6, 6.07) is 0. The number of carbonyl (C=O) groups is 1. The van der Waals surface area contributed by atoms with Crippen molar-refractivity contribution in [3.05, 3.63) is 11.8 Å². The third-order valence-corrected chi connectivity index (χ3v) is 2.33. The maximum absolute atomic E-state index is 10.9. The lowest BCUT2D eigenvalue weighted by Gasteiger charge is -2.11. The van der Waals surface area contributed by atoms with E-state index in [0.29, 0.717) is 0 Å². The van der Waals surface area contributed by atoms with Gasteiger partial charge in [0.05, 0.1) is 13.2 Å². The summed E-state index contributed by atoms with van der Waals surface area (Å²) in [7, 11) is 3.04. The van der Waals surface area contributed by atoms with E-state index in [1.54, 1.807) is 7.11 Å². The van der Waals surface area contributed by atoms with Gasteiger partial charge in [-0.25, -0.2) is 4.79 Å². The largest absolute Gasteiger partial charge is 0.466 e. The van der Waals surface area contributed by atoms with E-state index in [1.165, 1.54) is 13.2 Å². The van der Waals surface area contributed by atoms with Crippen LogP contribution in [0.15, 0.2) is 11.8 Å². The Bertz CT molecular complexity index is 225. The zero-order valence-electron chi connectivity index (χ0n) is 8.16. The van der Waals surface area contributed by atoms with Crippen LogP contribution < -0.4 is 5.32 Å². The Morgan fingerprint density at radius 2 is 2.31 bits per heavy atom. The minimum atomic E-state index is -0.328. The van der Waals surface area contributed by atoms with E-state index >= 15 is 0 Å². The van der Waals surface area contributed by atoms with Crippen molar-refractivity contribution < 1.29 is 14.3 Å². The second-order valence-electron chi connectivity index (χ2n) is 3.07. The average molecular weight is 185 g/mol. The van der Waals surface area contributed by atoms with E-state index in [1.807, 2.05) is 6.92 Å². The number of methoxy groups -OCH3 is 2. The zero-order valence-corrected chi connectivity index (χ0v) is 8.16. The lowest BCUT2D eigenvalue weighted by molar-refractivity contribution is -0.134. The van der Waals surface area contributed by atoms with Crippen LogP contribution in [0.1, 0.15) is 6.92 Å². The number of hydrogen-bond acceptors (Lipinski definition) is 4. The first-order valence-electron chi connectivity index (χ1n) is 4.25. The van der Waals surface area contributed by atoms with Gasteiger partial charge in [0.2, 0.25) is 0 Å². The Balaban J connectivity index is 2.63. The first-order valence-corrected chi connectivity index (χ1v) is 4.25. The maximum atomic E-state index is 10.9. The molecule has 4 nitrogen and oxygen atoms in total. The molecular formula is C9H15NO3. The monoisotopic (exact) mass is 185 g/mol. The van der Waals surface area contributed by atoms with E-state index in [2.05, 4.69) is 10.1 Å². The minimum absolute atomic E-state index is 0.149. The first kappa shape index (κ1) is 10.1. The fraction of sp³-hybridized carbons (Fsp3) is 0.667. The molecular weight excluding hydrogens is 170 g/mol.